The third-order valence-corrected chi connectivity index (χ3v) is 3.60. The maximum atomic E-state index is 11.4. The van der Waals surface area contributed by atoms with Gasteiger partial charge in [0.25, 0.3) is 0 Å². The van der Waals surface area contributed by atoms with E-state index in [1.807, 2.05) is 0 Å². The number of H-pyrrole nitrogens is 3. The SMILES string of the molecule is O=c1[nH]c(=S)c2n[nH]c(C3OC(CO)C(O)C3O)c2[nH]1. The molecule has 1 aliphatic heterocycles. The standard InChI is InChI=1S/C10H12N4O5S/c15-1-2-6(16)7(17)8(19-2)4-3-5(14-13-4)9(20)12-10(18)11-3/h2,6-8,15-17H,1H2,(H,13,14)(H2,11,12,18,20). The van der Waals surface area contributed by atoms with Gasteiger partial charge in [-0.1, -0.05) is 12.2 Å². The summed E-state index contributed by atoms with van der Waals surface area (Å²) in [6.07, 6.45) is -4.33. The van der Waals surface area contributed by atoms with E-state index < -0.39 is 36.7 Å². The third-order valence-electron chi connectivity index (χ3n) is 3.30. The van der Waals surface area contributed by atoms with Gasteiger partial charge in [-0.25, -0.2) is 4.79 Å². The van der Waals surface area contributed by atoms with Crippen LogP contribution in [0.3, 0.4) is 0 Å². The van der Waals surface area contributed by atoms with Gasteiger partial charge >= 0.3 is 5.69 Å². The maximum Gasteiger partial charge on any atom is 0.324 e. The number of rotatable bonds is 2. The number of nitrogens with zero attached hydrogens (tertiary/aromatic N) is 1. The van der Waals surface area contributed by atoms with Crippen LogP contribution < -0.4 is 5.69 Å². The number of hydrogen-bond acceptors (Lipinski definition) is 7. The van der Waals surface area contributed by atoms with Gasteiger partial charge in [-0.3, -0.25) is 10.1 Å². The normalized spacial score (nSPS) is 30.1. The lowest BCUT2D eigenvalue weighted by Crippen LogP contribution is -2.32. The fourth-order valence-corrected chi connectivity index (χ4v) is 2.54. The summed E-state index contributed by atoms with van der Waals surface area (Å²) in [7, 11) is 0. The average molecular weight is 300 g/mol. The maximum absolute atomic E-state index is 11.4. The molecule has 0 bridgehead atoms. The highest BCUT2D eigenvalue weighted by molar-refractivity contribution is 7.71. The molecule has 10 heteroatoms. The fraction of sp³-hybridized carbons (Fsp3) is 0.500. The number of hydrogen-bond donors (Lipinski definition) is 6. The number of aromatic nitrogens is 4. The van der Waals surface area contributed by atoms with Gasteiger partial charge in [0.15, 0.2) is 0 Å². The van der Waals surface area contributed by atoms with E-state index in [1.165, 1.54) is 0 Å². The first-order valence-corrected chi connectivity index (χ1v) is 6.26. The molecule has 0 radical (unpaired) electrons. The van der Waals surface area contributed by atoms with Crippen molar-refractivity contribution in [1.82, 2.24) is 20.2 Å². The first-order valence-electron chi connectivity index (χ1n) is 5.86. The number of nitrogens with one attached hydrogen (secondary N) is 3. The molecule has 6 N–H and O–H groups in total. The minimum atomic E-state index is -1.25. The highest BCUT2D eigenvalue weighted by Gasteiger charge is 2.44. The van der Waals surface area contributed by atoms with E-state index in [0.717, 1.165) is 0 Å². The van der Waals surface area contributed by atoms with Gasteiger partial charge in [0.1, 0.15) is 34.6 Å². The van der Waals surface area contributed by atoms with Crippen molar-refractivity contribution in [2.24, 2.45) is 0 Å². The van der Waals surface area contributed by atoms with Gasteiger partial charge in [-0.15, -0.1) is 0 Å². The molecule has 0 saturated carbocycles. The summed E-state index contributed by atoms with van der Waals surface area (Å²) in [6.45, 7) is -0.433. The van der Waals surface area contributed by atoms with Gasteiger partial charge in [0, 0.05) is 0 Å². The Labute approximate surface area is 116 Å². The summed E-state index contributed by atoms with van der Waals surface area (Å²) in [5.41, 5.74) is 0.400. The van der Waals surface area contributed by atoms with Crippen LogP contribution >= 0.6 is 12.2 Å². The van der Waals surface area contributed by atoms with Crippen LogP contribution in [0.25, 0.3) is 11.0 Å². The lowest BCUT2D eigenvalue weighted by atomic mass is 10.1. The van der Waals surface area contributed by atoms with Crippen LogP contribution in [0.2, 0.25) is 0 Å². The molecule has 0 amide bonds. The predicted molar refractivity (Wildman–Crippen MR) is 68.6 cm³/mol. The Bertz CT molecular complexity index is 752. The molecular formula is C10H12N4O5S. The van der Waals surface area contributed by atoms with Crippen LogP contribution in [0.15, 0.2) is 4.79 Å². The lowest BCUT2D eigenvalue weighted by molar-refractivity contribution is -0.0236. The second-order valence-electron chi connectivity index (χ2n) is 4.53. The Morgan fingerprint density at radius 2 is 2.05 bits per heavy atom. The monoisotopic (exact) mass is 300 g/mol. The van der Waals surface area contributed by atoms with Crippen molar-refractivity contribution < 1.29 is 20.1 Å². The summed E-state index contributed by atoms with van der Waals surface area (Å²) < 4.78 is 5.53. The van der Waals surface area contributed by atoms with Crippen LogP contribution in [0.1, 0.15) is 11.8 Å². The van der Waals surface area contributed by atoms with E-state index in [0.29, 0.717) is 16.7 Å². The van der Waals surface area contributed by atoms with Gasteiger partial charge in [-0.05, 0) is 0 Å². The molecule has 4 atom stereocenters. The molecule has 108 valence electrons. The van der Waals surface area contributed by atoms with Crippen LogP contribution in [0.5, 0.6) is 0 Å². The van der Waals surface area contributed by atoms with Crippen molar-refractivity contribution in [3.05, 3.63) is 20.8 Å². The van der Waals surface area contributed by atoms with Crippen LogP contribution in [-0.2, 0) is 4.74 Å². The van der Waals surface area contributed by atoms with Crippen LogP contribution in [0.4, 0.5) is 0 Å². The second-order valence-corrected chi connectivity index (χ2v) is 4.94. The third kappa shape index (κ3) is 1.89. The Kier molecular flexibility index (Phi) is 3.18. The van der Waals surface area contributed by atoms with E-state index in [9.17, 15) is 15.0 Å². The highest BCUT2D eigenvalue weighted by atomic mass is 32.1. The number of aliphatic hydroxyl groups is 3. The molecule has 3 heterocycles. The van der Waals surface area contributed by atoms with Crippen molar-refractivity contribution in [3.8, 4) is 0 Å². The molecule has 0 aliphatic carbocycles. The number of aliphatic hydroxyl groups excluding tert-OH is 3. The summed E-state index contributed by atoms with van der Waals surface area (Å²) in [6, 6.07) is 0. The summed E-state index contributed by atoms with van der Waals surface area (Å²) in [5.74, 6) is 0. The zero-order valence-corrected chi connectivity index (χ0v) is 10.8. The molecule has 9 nitrogen and oxygen atoms in total. The molecule has 2 aromatic rings. The minimum absolute atomic E-state index is 0.151. The number of ether oxygens (including phenoxy) is 1. The number of fused-ring (bicyclic) bond motifs is 1. The molecule has 1 fully saturated rings. The lowest BCUT2D eigenvalue weighted by Gasteiger charge is -2.12. The summed E-state index contributed by atoms with van der Waals surface area (Å²) >= 11 is 4.98. The second kappa shape index (κ2) is 4.75. The van der Waals surface area contributed by atoms with E-state index in [2.05, 4.69) is 20.2 Å². The van der Waals surface area contributed by atoms with Gasteiger partial charge in [0.2, 0.25) is 0 Å². The summed E-state index contributed by atoms with van der Waals surface area (Å²) in [4.78, 5) is 16.3. The molecular weight excluding hydrogens is 288 g/mol. The zero-order chi connectivity index (χ0) is 14.4. The highest BCUT2D eigenvalue weighted by Crippen LogP contribution is 2.34. The van der Waals surface area contributed by atoms with Crippen molar-refractivity contribution >= 4 is 23.3 Å². The molecule has 0 aromatic carbocycles. The predicted octanol–water partition coefficient (Wildman–Crippen LogP) is -1.54. The largest absolute Gasteiger partial charge is 0.394 e. The Morgan fingerprint density at radius 3 is 2.70 bits per heavy atom. The Hall–Kier alpha value is -1.59. The van der Waals surface area contributed by atoms with Gasteiger partial charge < -0.3 is 25.0 Å². The van der Waals surface area contributed by atoms with Gasteiger partial charge in [0.05, 0.1) is 17.8 Å². The van der Waals surface area contributed by atoms with Crippen molar-refractivity contribution in [1.29, 1.82) is 0 Å². The molecule has 2 aromatic heterocycles. The molecule has 0 spiro atoms. The van der Waals surface area contributed by atoms with E-state index in [-0.39, 0.29) is 4.64 Å². The van der Waals surface area contributed by atoms with Crippen molar-refractivity contribution in [3.63, 3.8) is 0 Å². The average Bonchev–Trinajstić information content (AvgIpc) is 2.93. The van der Waals surface area contributed by atoms with Crippen molar-refractivity contribution in [2.75, 3.05) is 6.61 Å². The van der Waals surface area contributed by atoms with Crippen LogP contribution in [-0.4, -0.2) is 60.4 Å². The van der Waals surface area contributed by atoms with Crippen molar-refractivity contribution in [2.45, 2.75) is 24.4 Å². The first kappa shape index (κ1) is 13.4. The van der Waals surface area contributed by atoms with E-state index >= 15 is 0 Å². The molecule has 4 unspecified atom stereocenters. The zero-order valence-electron chi connectivity index (χ0n) is 10.0. The topological polar surface area (TPSA) is 147 Å². The van der Waals surface area contributed by atoms with Gasteiger partial charge in [-0.2, -0.15) is 5.10 Å². The van der Waals surface area contributed by atoms with E-state index in [4.69, 9.17) is 22.1 Å². The fourth-order valence-electron chi connectivity index (χ4n) is 2.30. The van der Waals surface area contributed by atoms with Crippen LogP contribution in [0, 0.1) is 4.64 Å². The molecule has 20 heavy (non-hydrogen) atoms. The molecule has 1 aliphatic rings. The van der Waals surface area contributed by atoms with E-state index in [1.54, 1.807) is 0 Å². The quantitative estimate of drug-likeness (QED) is 0.368. The Morgan fingerprint density at radius 1 is 1.30 bits per heavy atom. The molecule has 1 saturated heterocycles. The minimum Gasteiger partial charge on any atom is -0.394 e. The summed E-state index contributed by atoms with van der Waals surface area (Å²) in [5, 5.41) is 35.4. The first-order chi connectivity index (χ1) is 9.52. The smallest absolute Gasteiger partial charge is 0.324 e. The molecule has 3 rings (SSSR count). The Balaban J connectivity index is 2.12. The number of aromatic amines is 3.